The van der Waals surface area contributed by atoms with Crippen molar-refractivity contribution >= 4 is 38.1 Å². The summed E-state index contributed by atoms with van der Waals surface area (Å²) < 4.78 is 28.7. The Kier molecular flexibility index (Phi) is 5.94. The molecule has 1 N–H and O–H groups in total. The van der Waals surface area contributed by atoms with Gasteiger partial charge in [0.25, 0.3) is 15.9 Å². The summed E-state index contributed by atoms with van der Waals surface area (Å²) in [5.74, 6) is -0.0452. The summed E-state index contributed by atoms with van der Waals surface area (Å²) in [4.78, 5) is 17.3. The third-order valence-electron chi connectivity index (χ3n) is 6.11. The van der Waals surface area contributed by atoms with Crippen molar-refractivity contribution in [3.05, 3.63) is 103 Å². The molecule has 34 heavy (non-hydrogen) atoms. The van der Waals surface area contributed by atoms with Crippen molar-refractivity contribution < 1.29 is 13.2 Å². The molecule has 172 valence electrons. The van der Waals surface area contributed by atoms with Crippen molar-refractivity contribution in [1.29, 1.82) is 0 Å². The first-order valence-corrected chi connectivity index (χ1v) is 12.7. The molecule has 1 heterocycles. The number of para-hydroxylation sites is 1. The Morgan fingerprint density at radius 3 is 2.09 bits per heavy atom. The number of hydrogen-bond acceptors (Lipinski definition) is 4. The van der Waals surface area contributed by atoms with Gasteiger partial charge in [-0.2, -0.15) is 0 Å². The number of carbonyl (C=O) groups is 1. The lowest BCUT2D eigenvalue weighted by Gasteiger charge is -2.36. The number of nitrogens with one attached hydrogen (secondary N) is 1. The lowest BCUT2D eigenvalue weighted by Crippen LogP contribution is -2.48. The second-order valence-corrected chi connectivity index (χ2v) is 9.93. The van der Waals surface area contributed by atoms with E-state index in [9.17, 15) is 13.2 Å². The molecular weight excluding hydrogens is 446 g/mol. The van der Waals surface area contributed by atoms with Gasteiger partial charge in [-0.15, -0.1) is 0 Å². The number of hydrogen-bond donors (Lipinski definition) is 1. The van der Waals surface area contributed by atoms with Crippen LogP contribution in [-0.2, 0) is 10.0 Å². The van der Waals surface area contributed by atoms with E-state index < -0.39 is 10.0 Å². The van der Waals surface area contributed by atoms with E-state index in [4.69, 9.17) is 0 Å². The minimum atomic E-state index is -3.78. The number of rotatable bonds is 5. The third-order valence-corrected chi connectivity index (χ3v) is 7.55. The van der Waals surface area contributed by atoms with E-state index in [-0.39, 0.29) is 10.8 Å². The molecule has 0 unspecified atom stereocenters. The Hall–Kier alpha value is -3.84. The van der Waals surface area contributed by atoms with Gasteiger partial charge in [0.2, 0.25) is 0 Å². The standard InChI is InChI=1S/C27H25N3O3S/c31-27(30-19-17-29(18-20-30)24-9-2-1-3-10-24)22-13-15-23(16-14-22)28-34(32,33)26-12-6-8-21-7-4-5-11-25(21)26/h1-16,28H,17-20H2. The highest BCUT2D eigenvalue weighted by Crippen LogP contribution is 2.25. The fourth-order valence-corrected chi connectivity index (χ4v) is 5.60. The normalized spacial score (nSPS) is 14.2. The second kappa shape index (κ2) is 9.19. The van der Waals surface area contributed by atoms with Crippen LogP contribution in [0.15, 0.2) is 102 Å². The number of benzene rings is 4. The summed E-state index contributed by atoms with van der Waals surface area (Å²) in [6.45, 7) is 2.84. The van der Waals surface area contributed by atoms with Crippen molar-refractivity contribution in [1.82, 2.24) is 4.90 Å². The Bertz CT molecular complexity index is 1410. The quantitative estimate of drug-likeness (QED) is 0.462. The van der Waals surface area contributed by atoms with Crippen molar-refractivity contribution in [2.75, 3.05) is 35.8 Å². The maximum atomic E-state index is 13.0. The van der Waals surface area contributed by atoms with Crippen LogP contribution < -0.4 is 9.62 Å². The molecule has 0 saturated carbocycles. The van der Waals surface area contributed by atoms with Crippen LogP contribution in [0.1, 0.15) is 10.4 Å². The summed E-state index contributed by atoms with van der Waals surface area (Å²) in [5.41, 5.74) is 2.12. The van der Waals surface area contributed by atoms with Crippen LogP contribution in [0.4, 0.5) is 11.4 Å². The van der Waals surface area contributed by atoms with Crippen molar-refractivity contribution in [3.63, 3.8) is 0 Å². The van der Waals surface area contributed by atoms with E-state index in [0.717, 1.165) is 24.2 Å². The molecule has 1 fully saturated rings. The van der Waals surface area contributed by atoms with Gasteiger partial charge >= 0.3 is 0 Å². The number of anilines is 2. The first-order chi connectivity index (χ1) is 16.5. The van der Waals surface area contributed by atoms with Gasteiger partial charge in [0.05, 0.1) is 4.90 Å². The lowest BCUT2D eigenvalue weighted by molar-refractivity contribution is 0.0747. The first-order valence-electron chi connectivity index (χ1n) is 11.2. The minimum absolute atomic E-state index is 0.0452. The number of fused-ring (bicyclic) bond motifs is 1. The molecule has 5 rings (SSSR count). The molecule has 6 nitrogen and oxygen atoms in total. The van der Waals surface area contributed by atoms with Crippen LogP contribution in [0.2, 0.25) is 0 Å². The topological polar surface area (TPSA) is 69.7 Å². The molecule has 0 radical (unpaired) electrons. The Morgan fingerprint density at radius 1 is 0.706 bits per heavy atom. The van der Waals surface area contributed by atoms with Crippen LogP contribution in [0, 0.1) is 0 Å². The second-order valence-electron chi connectivity index (χ2n) is 8.27. The average Bonchev–Trinajstić information content (AvgIpc) is 2.89. The largest absolute Gasteiger partial charge is 0.368 e. The fraction of sp³-hybridized carbons (Fsp3) is 0.148. The van der Waals surface area contributed by atoms with E-state index in [1.807, 2.05) is 47.4 Å². The Morgan fingerprint density at radius 2 is 1.35 bits per heavy atom. The van der Waals surface area contributed by atoms with Gasteiger partial charge in [-0.05, 0) is 47.9 Å². The van der Waals surface area contributed by atoms with Crippen molar-refractivity contribution in [3.8, 4) is 0 Å². The van der Waals surface area contributed by atoms with E-state index in [1.165, 1.54) is 0 Å². The van der Waals surface area contributed by atoms with Gasteiger partial charge in [-0.3, -0.25) is 9.52 Å². The summed E-state index contributed by atoms with van der Waals surface area (Å²) in [7, 11) is -3.78. The molecule has 4 aromatic rings. The van der Waals surface area contributed by atoms with Crippen LogP contribution in [0.25, 0.3) is 10.8 Å². The van der Waals surface area contributed by atoms with Gasteiger partial charge in [0, 0.05) is 48.5 Å². The first kappa shape index (κ1) is 22.0. The van der Waals surface area contributed by atoms with Gasteiger partial charge < -0.3 is 9.80 Å². The predicted octanol–water partition coefficient (Wildman–Crippen LogP) is 4.60. The Balaban J connectivity index is 1.26. The third kappa shape index (κ3) is 4.47. The summed E-state index contributed by atoms with van der Waals surface area (Å²) in [6.07, 6.45) is 0. The van der Waals surface area contributed by atoms with E-state index in [1.54, 1.807) is 42.5 Å². The molecule has 7 heteroatoms. The van der Waals surface area contributed by atoms with Gasteiger partial charge in [-0.1, -0.05) is 54.6 Å². The number of carbonyl (C=O) groups excluding carboxylic acids is 1. The SMILES string of the molecule is O=C(c1ccc(NS(=O)(=O)c2cccc3ccccc23)cc1)N1CCN(c2ccccc2)CC1. The van der Waals surface area contributed by atoms with Crippen molar-refractivity contribution in [2.45, 2.75) is 4.90 Å². The van der Waals surface area contributed by atoms with E-state index >= 15 is 0 Å². The average molecular weight is 472 g/mol. The van der Waals surface area contributed by atoms with Crippen LogP contribution >= 0.6 is 0 Å². The summed E-state index contributed by atoms with van der Waals surface area (Å²) in [6, 6.07) is 29.4. The van der Waals surface area contributed by atoms with E-state index in [2.05, 4.69) is 21.8 Å². The zero-order valence-corrected chi connectivity index (χ0v) is 19.4. The van der Waals surface area contributed by atoms with Gasteiger partial charge in [-0.25, -0.2) is 8.42 Å². The lowest BCUT2D eigenvalue weighted by atomic mass is 10.1. The summed E-state index contributed by atoms with van der Waals surface area (Å²) in [5, 5.41) is 1.53. The molecule has 1 saturated heterocycles. The highest BCUT2D eigenvalue weighted by atomic mass is 32.2. The van der Waals surface area contributed by atoms with Gasteiger partial charge in [0.15, 0.2) is 0 Å². The molecule has 1 amide bonds. The maximum Gasteiger partial charge on any atom is 0.262 e. The maximum absolute atomic E-state index is 13.0. The molecule has 0 atom stereocenters. The van der Waals surface area contributed by atoms with E-state index in [0.29, 0.717) is 29.7 Å². The molecule has 0 spiro atoms. The highest BCUT2D eigenvalue weighted by molar-refractivity contribution is 7.93. The van der Waals surface area contributed by atoms with Crippen LogP contribution in [0.5, 0.6) is 0 Å². The van der Waals surface area contributed by atoms with Crippen LogP contribution in [-0.4, -0.2) is 45.4 Å². The molecule has 1 aliphatic rings. The monoisotopic (exact) mass is 471 g/mol. The molecule has 0 aliphatic carbocycles. The number of piperazine rings is 1. The fourth-order valence-electron chi connectivity index (χ4n) is 4.31. The van der Waals surface area contributed by atoms with Crippen LogP contribution in [0.3, 0.4) is 0 Å². The molecule has 1 aliphatic heterocycles. The van der Waals surface area contributed by atoms with Gasteiger partial charge in [0.1, 0.15) is 0 Å². The zero-order chi connectivity index (χ0) is 23.5. The summed E-state index contributed by atoms with van der Waals surface area (Å²) >= 11 is 0. The number of nitrogens with zero attached hydrogens (tertiary/aromatic N) is 2. The number of amides is 1. The molecule has 0 aromatic heterocycles. The Labute approximate surface area is 199 Å². The molecule has 0 bridgehead atoms. The number of sulfonamides is 1. The molecule has 4 aromatic carbocycles. The minimum Gasteiger partial charge on any atom is -0.368 e. The smallest absolute Gasteiger partial charge is 0.262 e. The molecular formula is C27H25N3O3S. The zero-order valence-electron chi connectivity index (χ0n) is 18.6. The highest BCUT2D eigenvalue weighted by Gasteiger charge is 2.23. The van der Waals surface area contributed by atoms with Crippen molar-refractivity contribution in [2.24, 2.45) is 0 Å². The predicted molar refractivity (Wildman–Crippen MR) is 136 cm³/mol.